The normalized spacial score (nSPS) is 26.5. The van der Waals surface area contributed by atoms with E-state index in [0.717, 1.165) is 17.2 Å². The Morgan fingerprint density at radius 3 is 2.45 bits per heavy atom. The molecule has 2 amide bonds. The smallest absolute Gasteiger partial charge is 0.238 e. The lowest BCUT2D eigenvalue weighted by Crippen LogP contribution is -2.39. The molecule has 3 aliphatic carbocycles. The number of nitrogens with zero attached hydrogens (tertiary/aromatic N) is 1. The summed E-state index contributed by atoms with van der Waals surface area (Å²) in [6.07, 6.45) is 5.29. The second kappa shape index (κ2) is 8.58. The number of rotatable bonds is 3. The minimum absolute atomic E-state index is 0.150. The molecular formula is C31H24FNO5. The van der Waals surface area contributed by atoms with Gasteiger partial charge >= 0.3 is 0 Å². The van der Waals surface area contributed by atoms with Crippen LogP contribution in [-0.2, 0) is 19.2 Å². The summed E-state index contributed by atoms with van der Waals surface area (Å²) in [6, 6.07) is 10.9. The van der Waals surface area contributed by atoms with Crippen LogP contribution in [0, 0.1) is 23.6 Å². The Morgan fingerprint density at radius 1 is 1.03 bits per heavy atom. The SMILES string of the molecule is C=Cc1ccc(N2C(=O)C3CC=C4C(c5ccc(O)c(F)c5)C5=C(CC4C3C2=O)C(=O)C(C)=CC5=O)cc1. The van der Waals surface area contributed by atoms with E-state index in [-0.39, 0.29) is 35.4 Å². The molecule has 0 aromatic heterocycles. The summed E-state index contributed by atoms with van der Waals surface area (Å²) in [5, 5.41) is 9.77. The van der Waals surface area contributed by atoms with Crippen LogP contribution in [0.3, 0.4) is 0 Å². The summed E-state index contributed by atoms with van der Waals surface area (Å²) in [4.78, 5) is 55.1. The van der Waals surface area contributed by atoms with Crippen molar-refractivity contribution in [3.05, 3.63) is 100 Å². The molecule has 7 heteroatoms. The van der Waals surface area contributed by atoms with Crippen molar-refractivity contribution >= 4 is 35.1 Å². The quantitative estimate of drug-likeness (QED) is 0.364. The number of benzene rings is 2. The molecular weight excluding hydrogens is 485 g/mol. The average Bonchev–Trinajstić information content (AvgIpc) is 3.17. The number of carbonyl (C=O) groups excluding carboxylic acids is 4. The lowest BCUT2D eigenvalue weighted by molar-refractivity contribution is -0.123. The van der Waals surface area contributed by atoms with Crippen LogP contribution >= 0.6 is 0 Å². The number of Topliss-reactive ketones (excluding diaryl/α,β-unsaturated/α-hetero) is 1. The van der Waals surface area contributed by atoms with Gasteiger partial charge in [-0.2, -0.15) is 0 Å². The van der Waals surface area contributed by atoms with Gasteiger partial charge in [-0.15, -0.1) is 0 Å². The first-order valence-corrected chi connectivity index (χ1v) is 12.5. The van der Waals surface area contributed by atoms with Gasteiger partial charge in [0.05, 0.1) is 17.5 Å². The van der Waals surface area contributed by atoms with Gasteiger partial charge in [-0.05, 0) is 67.2 Å². The van der Waals surface area contributed by atoms with Gasteiger partial charge in [-0.3, -0.25) is 24.1 Å². The number of imide groups is 1. The van der Waals surface area contributed by atoms with Gasteiger partial charge in [-0.1, -0.05) is 42.5 Å². The molecule has 2 aromatic carbocycles. The first kappa shape index (κ1) is 24.0. The highest BCUT2D eigenvalue weighted by molar-refractivity contribution is 6.25. The number of anilines is 1. The lowest BCUT2D eigenvalue weighted by atomic mass is 9.59. The Kier molecular flexibility index (Phi) is 5.42. The molecule has 4 atom stereocenters. The van der Waals surface area contributed by atoms with E-state index in [9.17, 15) is 28.7 Å². The molecule has 1 fully saturated rings. The maximum absolute atomic E-state index is 14.5. The number of aromatic hydroxyl groups is 1. The number of fused-ring (bicyclic) bond motifs is 3. The first-order chi connectivity index (χ1) is 18.2. The number of hydrogen-bond acceptors (Lipinski definition) is 5. The largest absolute Gasteiger partial charge is 0.505 e. The van der Waals surface area contributed by atoms with Crippen molar-refractivity contribution in [2.75, 3.05) is 4.90 Å². The van der Waals surface area contributed by atoms with Gasteiger partial charge in [-0.25, -0.2) is 4.39 Å². The van der Waals surface area contributed by atoms with E-state index in [1.54, 1.807) is 37.3 Å². The van der Waals surface area contributed by atoms with Crippen molar-refractivity contribution in [1.82, 2.24) is 0 Å². The number of hydrogen-bond donors (Lipinski definition) is 1. The van der Waals surface area contributed by atoms with Gasteiger partial charge in [0.25, 0.3) is 0 Å². The van der Waals surface area contributed by atoms with Crippen molar-refractivity contribution in [2.45, 2.75) is 25.7 Å². The zero-order chi connectivity index (χ0) is 26.9. The molecule has 4 unspecified atom stereocenters. The number of phenolic OH excluding ortho intramolecular Hbond substituents is 1. The van der Waals surface area contributed by atoms with Gasteiger partial charge in [0.2, 0.25) is 11.8 Å². The van der Waals surface area contributed by atoms with Crippen LogP contribution in [0.1, 0.15) is 36.8 Å². The highest BCUT2D eigenvalue weighted by Gasteiger charge is 2.56. The highest BCUT2D eigenvalue weighted by Crippen LogP contribution is 2.55. The van der Waals surface area contributed by atoms with Crippen molar-refractivity contribution < 1.29 is 28.7 Å². The van der Waals surface area contributed by atoms with Crippen LogP contribution in [0.2, 0.25) is 0 Å². The van der Waals surface area contributed by atoms with E-state index >= 15 is 0 Å². The molecule has 4 aliphatic rings. The van der Waals surface area contributed by atoms with E-state index in [4.69, 9.17) is 0 Å². The van der Waals surface area contributed by atoms with Gasteiger partial charge in [0.1, 0.15) is 0 Å². The number of ketones is 2. The highest BCUT2D eigenvalue weighted by atomic mass is 19.1. The molecule has 0 radical (unpaired) electrons. The fourth-order valence-corrected chi connectivity index (χ4v) is 6.48. The Bertz CT molecular complexity index is 1560. The number of phenols is 1. The first-order valence-electron chi connectivity index (χ1n) is 12.5. The Morgan fingerprint density at radius 2 is 1.76 bits per heavy atom. The zero-order valence-electron chi connectivity index (χ0n) is 20.6. The van der Waals surface area contributed by atoms with Crippen molar-refractivity contribution in [1.29, 1.82) is 0 Å². The topological polar surface area (TPSA) is 91.8 Å². The van der Waals surface area contributed by atoms with Gasteiger partial charge in [0, 0.05) is 22.6 Å². The van der Waals surface area contributed by atoms with Crippen LogP contribution < -0.4 is 4.90 Å². The Labute approximate surface area is 218 Å². The predicted octanol–water partition coefficient (Wildman–Crippen LogP) is 4.81. The molecule has 2 aromatic rings. The number of amides is 2. The standard InChI is InChI=1S/C31H24FNO5/c1-3-16-4-7-18(8-5-16)33-30(37)20-10-9-19-21(27(20)31(33)38)14-22-28(25(35)12-15(2)29(22)36)26(19)17-6-11-24(34)23(32)13-17/h3-9,11-13,20-21,26-27,34H,1,10,14H2,2H3. The molecule has 0 spiro atoms. The third-order valence-electron chi connectivity index (χ3n) is 8.25. The van der Waals surface area contributed by atoms with Gasteiger partial charge in [0.15, 0.2) is 23.1 Å². The van der Waals surface area contributed by atoms with Crippen molar-refractivity contribution in [3.8, 4) is 5.75 Å². The second-order valence-corrected chi connectivity index (χ2v) is 10.2. The minimum atomic E-state index is -0.844. The van der Waals surface area contributed by atoms with Crippen LogP contribution in [0.5, 0.6) is 5.75 Å². The summed E-state index contributed by atoms with van der Waals surface area (Å²) < 4.78 is 14.5. The molecule has 1 aliphatic heterocycles. The average molecular weight is 510 g/mol. The van der Waals surface area contributed by atoms with E-state index < -0.39 is 35.2 Å². The summed E-state index contributed by atoms with van der Waals surface area (Å²) in [5.41, 5.74) is 3.36. The number of carbonyl (C=O) groups is 4. The fourth-order valence-electron chi connectivity index (χ4n) is 6.48. The predicted molar refractivity (Wildman–Crippen MR) is 138 cm³/mol. The van der Waals surface area contributed by atoms with Crippen molar-refractivity contribution in [3.63, 3.8) is 0 Å². The third kappa shape index (κ3) is 3.38. The second-order valence-electron chi connectivity index (χ2n) is 10.2. The number of halogens is 1. The molecule has 1 heterocycles. The molecule has 6 nitrogen and oxygen atoms in total. The van der Waals surface area contributed by atoms with Gasteiger partial charge < -0.3 is 5.11 Å². The van der Waals surface area contributed by atoms with Crippen molar-refractivity contribution in [2.24, 2.45) is 17.8 Å². The monoisotopic (exact) mass is 509 g/mol. The fraction of sp³-hybridized carbons (Fsp3) is 0.226. The summed E-state index contributed by atoms with van der Waals surface area (Å²) in [5.74, 6) is -5.19. The van der Waals surface area contributed by atoms with Crippen LogP contribution in [-0.4, -0.2) is 28.5 Å². The molecule has 0 saturated carbocycles. The summed E-state index contributed by atoms with van der Waals surface area (Å²) in [6.45, 7) is 5.31. The maximum Gasteiger partial charge on any atom is 0.238 e. The number of allylic oxidation sites excluding steroid dienone is 6. The van der Waals surface area contributed by atoms with E-state index in [2.05, 4.69) is 6.58 Å². The molecule has 38 heavy (non-hydrogen) atoms. The molecule has 1 N–H and O–H groups in total. The lowest BCUT2D eigenvalue weighted by Gasteiger charge is -2.42. The molecule has 0 bridgehead atoms. The van der Waals surface area contributed by atoms with E-state index in [1.165, 1.54) is 23.1 Å². The molecule has 1 saturated heterocycles. The molecule has 190 valence electrons. The minimum Gasteiger partial charge on any atom is -0.505 e. The summed E-state index contributed by atoms with van der Waals surface area (Å²) in [7, 11) is 0. The maximum atomic E-state index is 14.5. The Hall–Kier alpha value is -4.39. The van der Waals surface area contributed by atoms with Crippen LogP contribution in [0.15, 0.2) is 83.5 Å². The van der Waals surface area contributed by atoms with E-state index in [1.807, 2.05) is 6.08 Å². The zero-order valence-corrected chi connectivity index (χ0v) is 20.6. The Balaban J connectivity index is 1.47. The van der Waals surface area contributed by atoms with E-state index in [0.29, 0.717) is 28.8 Å². The summed E-state index contributed by atoms with van der Waals surface area (Å²) >= 11 is 0. The van der Waals surface area contributed by atoms with Crippen LogP contribution in [0.25, 0.3) is 6.08 Å². The molecule has 6 rings (SSSR count). The third-order valence-corrected chi connectivity index (χ3v) is 8.25. The van der Waals surface area contributed by atoms with Crippen LogP contribution in [0.4, 0.5) is 10.1 Å².